The lowest BCUT2D eigenvalue weighted by molar-refractivity contribution is -0.120. The number of morpholine rings is 1. The zero-order chi connectivity index (χ0) is 19.3. The molecule has 2 aliphatic rings. The topological polar surface area (TPSA) is 79.4 Å². The van der Waals surface area contributed by atoms with Gasteiger partial charge in [-0.15, -0.1) is 0 Å². The van der Waals surface area contributed by atoms with Crippen LogP contribution >= 0.6 is 11.6 Å². The Morgan fingerprint density at radius 2 is 2.18 bits per heavy atom. The summed E-state index contributed by atoms with van der Waals surface area (Å²) in [6.45, 7) is 4.71. The highest BCUT2D eigenvalue weighted by Crippen LogP contribution is 2.29. The number of carbonyl (C=O) groups excluding carboxylic acids is 1. The van der Waals surface area contributed by atoms with Gasteiger partial charge in [-0.25, -0.2) is 9.97 Å². The number of carbonyl (C=O) groups is 1. The predicted molar refractivity (Wildman–Crippen MR) is 110 cm³/mol. The van der Waals surface area contributed by atoms with Gasteiger partial charge in [0.2, 0.25) is 5.91 Å². The van der Waals surface area contributed by atoms with Crippen LogP contribution in [0.1, 0.15) is 12.8 Å². The maximum atomic E-state index is 12.5. The minimum absolute atomic E-state index is 0.0111. The van der Waals surface area contributed by atoms with E-state index in [1.165, 1.54) is 0 Å². The molecule has 2 aromatic heterocycles. The summed E-state index contributed by atoms with van der Waals surface area (Å²) in [4.78, 5) is 23.7. The van der Waals surface area contributed by atoms with E-state index < -0.39 is 0 Å². The monoisotopic (exact) mass is 401 g/mol. The maximum absolute atomic E-state index is 12.5. The van der Waals surface area contributed by atoms with Crippen molar-refractivity contribution in [2.45, 2.75) is 12.8 Å². The number of hydrogen-bond donors (Lipinski definition) is 2. The SMILES string of the molecule is O=C(Nc1cc(-c2cccc(N3CCOCC3)n2)c(Cl)cn1)[C@@H]1CCCNC1. The van der Waals surface area contributed by atoms with E-state index in [9.17, 15) is 4.79 Å². The number of rotatable bonds is 4. The number of ether oxygens (including phenoxy) is 1. The molecule has 7 nitrogen and oxygen atoms in total. The second-order valence-corrected chi connectivity index (χ2v) is 7.47. The fraction of sp³-hybridized carbons (Fsp3) is 0.450. The molecule has 0 unspecified atom stereocenters. The van der Waals surface area contributed by atoms with Gasteiger partial charge in [-0.1, -0.05) is 17.7 Å². The number of hydrogen-bond acceptors (Lipinski definition) is 6. The Morgan fingerprint density at radius 3 is 2.96 bits per heavy atom. The maximum Gasteiger partial charge on any atom is 0.229 e. The summed E-state index contributed by atoms with van der Waals surface area (Å²) in [6.07, 6.45) is 3.47. The first-order valence-electron chi connectivity index (χ1n) is 9.68. The summed E-state index contributed by atoms with van der Waals surface area (Å²) in [5.74, 6) is 1.35. The lowest BCUT2D eigenvalue weighted by Crippen LogP contribution is -2.37. The van der Waals surface area contributed by atoms with Crippen molar-refractivity contribution in [3.8, 4) is 11.3 Å². The van der Waals surface area contributed by atoms with Crippen molar-refractivity contribution >= 4 is 29.1 Å². The van der Waals surface area contributed by atoms with Crippen molar-refractivity contribution in [2.24, 2.45) is 5.92 Å². The molecule has 4 rings (SSSR count). The van der Waals surface area contributed by atoms with Crippen LogP contribution in [0.15, 0.2) is 30.5 Å². The highest BCUT2D eigenvalue weighted by Gasteiger charge is 2.22. The van der Waals surface area contributed by atoms with E-state index in [-0.39, 0.29) is 11.8 Å². The van der Waals surface area contributed by atoms with Crippen LogP contribution in [0.4, 0.5) is 11.6 Å². The fourth-order valence-electron chi connectivity index (χ4n) is 3.55. The minimum atomic E-state index is -0.0301. The number of pyridine rings is 2. The summed E-state index contributed by atoms with van der Waals surface area (Å²) in [5.41, 5.74) is 1.51. The van der Waals surface area contributed by atoms with E-state index in [0.29, 0.717) is 30.6 Å². The molecular weight excluding hydrogens is 378 g/mol. The Kier molecular flexibility index (Phi) is 6.04. The van der Waals surface area contributed by atoms with E-state index in [1.54, 1.807) is 12.3 Å². The van der Waals surface area contributed by atoms with Gasteiger partial charge in [0.1, 0.15) is 11.6 Å². The van der Waals surface area contributed by atoms with Crippen LogP contribution in [-0.2, 0) is 9.53 Å². The third kappa shape index (κ3) is 4.43. The van der Waals surface area contributed by atoms with Gasteiger partial charge in [0, 0.05) is 31.4 Å². The molecule has 8 heteroatoms. The van der Waals surface area contributed by atoms with Crippen LogP contribution in [0, 0.1) is 5.92 Å². The van der Waals surface area contributed by atoms with Crippen LogP contribution in [0.5, 0.6) is 0 Å². The lowest BCUT2D eigenvalue weighted by Gasteiger charge is -2.28. The normalized spacial score (nSPS) is 20.0. The molecule has 28 heavy (non-hydrogen) atoms. The average Bonchev–Trinajstić information content (AvgIpc) is 2.76. The largest absolute Gasteiger partial charge is 0.378 e. The molecule has 2 N–H and O–H groups in total. The zero-order valence-corrected chi connectivity index (χ0v) is 16.4. The number of halogens is 1. The van der Waals surface area contributed by atoms with Crippen LogP contribution in [0.25, 0.3) is 11.3 Å². The number of piperidine rings is 1. The number of amides is 1. The van der Waals surface area contributed by atoms with Gasteiger partial charge in [0.15, 0.2) is 0 Å². The second kappa shape index (κ2) is 8.86. The zero-order valence-electron chi connectivity index (χ0n) is 15.7. The minimum Gasteiger partial charge on any atom is -0.378 e. The Balaban J connectivity index is 1.54. The molecule has 1 atom stereocenters. The first-order chi connectivity index (χ1) is 13.7. The molecular formula is C20H24ClN5O2. The van der Waals surface area contributed by atoms with Gasteiger partial charge in [-0.3, -0.25) is 4.79 Å². The van der Waals surface area contributed by atoms with Crippen molar-refractivity contribution < 1.29 is 9.53 Å². The number of nitrogens with zero attached hydrogens (tertiary/aromatic N) is 3. The molecule has 0 saturated carbocycles. The molecule has 2 aliphatic heterocycles. The molecule has 1 amide bonds. The van der Waals surface area contributed by atoms with Crippen LogP contribution in [0.3, 0.4) is 0 Å². The second-order valence-electron chi connectivity index (χ2n) is 7.06. The van der Waals surface area contributed by atoms with E-state index in [2.05, 4.69) is 20.5 Å². The van der Waals surface area contributed by atoms with Gasteiger partial charge >= 0.3 is 0 Å². The number of anilines is 2. The number of aromatic nitrogens is 2. The third-order valence-electron chi connectivity index (χ3n) is 5.12. The van der Waals surface area contributed by atoms with Gasteiger partial charge in [-0.2, -0.15) is 0 Å². The quantitative estimate of drug-likeness (QED) is 0.819. The molecule has 0 bridgehead atoms. The number of nitrogens with one attached hydrogen (secondary N) is 2. The Morgan fingerprint density at radius 1 is 1.32 bits per heavy atom. The molecule has 2 fully saturated rings. The first kappa shape index (κ1) is 19.1. The van der Waals surface area contributed by atoms with Crippen LogP contribution in [-0.4, -0.2) is 55.3 Å². The smallest absolute Gasteiger partial charge is 0.229 e. The van der Waals surface area contributed by atoms with E-state index in [1.807, 2.05) is 18.2 Å². The molecule has 2 saturated heterocycles. The van der Waals surface area contributed by atoms with Crippen molar-refractivity contribution in [1.29, 1.82) is 0 Å². The predicted octanol–water partition coefficient (Wildman–Crippen LogP) is 2.57. The Hall–Kier alpha value is -2.22. The molecule has 2 aromatic rings. The molecule has 0 aromatic carbocycles. The van der Waals surface area contributed by atoms with Crippen molar-refractivity contribution in [1.82, 2.24) is 15.3 Å². The fourth-order valence-corrected chi connectivity index (χ4v) is 3.75. The summed E-state index contributed by atoms with van der Waals surface area (Å²) in [7, 11) is 0. The highest BCUT2D eigenvalue weighted by atomic mass is 35.5. The van der Waals surface area contributed by atoms with E-state index in [4.69, 9.17) is 21.3 Å². The average molecular weight is 402 g/mol. The van der Waals surface area contributed by atoms with Crippen molar-refractivity contribution in [3.05, 3.63) is 35.5 Å². The lowest BCUT2D eigenvalue weighted by atomic mass is 9.99. The summed E-state index contributed by atoms with van der Waals surface area (Å²) in [5, 5.41) is 6.69. The van der Waals surface area contributed by atoms with Crippen LogP contribution < -0.4 is 15.5 Å². The third-order valence-corrected chi connectivity index (χ3v) is 5.42. The summed E-state index contributed by atoms with van der Waals surface area (Å²) < 4.78 is 5.41. The van der Waals surface area contributed by atoms with Crippen molar-refractivity contribution in [3.63, 3.8) is 0 Å². The molecule has 4 heterocycles. The van der Waals surface area contributed by atoms with Gasteiger partial charge in [0.05, 0.1) is 29.8 Å². The summed E-state index contributed by atoms with van der Waals surface area (Å²) >= 11 is 6.40. The Bertz CT molecular complexity index is 835. The van der Waals surface area contributed by atoms with Gasteiger partial charge in [0.25, 0.3) is 0 Å². The highest BCUT2D eigenvalue weighted by molar-refractivity contribution is 6.33. The molecule has 148 valence electrons. The first-order valence-corrected chi connectivity index (χ1v) is 10.1. The van der Waals surface area contributed by atoms with E-state index in [0.717, 1.165) is 49.6 Å². The molecule has 0 radical (unpaired) electrons. The van der Waals surface area contributed by atoms with Crippen molar-refractivity contribution in [2.75, 3.05) is 49.6 Å². The Labute approximate surface area is 169 Å². The van der Waals surface area contributed by atoms with Crippen LogP contribution in [0.2, 0.25) is 5.02 Å². The molecule has 0 spiro atoms. The standard InChI is InChI=1S/C20H24ClN5O2/c21-16-13-23-18(25-20(27)14-3-2-6-22-12-14)11-15(16)17-4-1-5-19(24-17)26-7-9-28-10-8-26/h1,4-5,11,13-14,22H,2-3,6-10,12H2,(H,23,25,27)/t14-/m1/s1. The van der Waals surface area contributed by atoms with E-state index >= 15 is 0 Å². The molecule has 0 aliphatic carbocycles. The van der Waals surface area contributed by atoms with Gasteiger partial charge < -0.3 is 20.3 Å². The van der Waals surface area contributed by atoms with Gasteiger partial charge in [-0.05, 0) is 37.6 Å². The summed E-state index contributed by atoms with van der Waals surface area (Å²) in [6, 6.07) is 7.67.